The third kappa shape index (κ3) is 4.65. The molecule has 0 aliphatic heterocycles. The van der Waals surface area contributed by atoms with E-state index in [0.717, 1.165) is 34.3 Å². The molecule has 2 N–H and O–H groups in total. The number of aromatic nitrogens is 4. The minimum atomic E-state index is -0.128. The van der Waals surface area contributed by atoms with Crippen molar-refractivity contribution in [2.75, 3.05) is 18.4 Å². The van der Waals surface area contributed by atoms with Crippen LogP contribution in [-0.2, 0) is 13.0 Å². The Morgan fingerprint density at radius 3 is 2.63 bits per heavy atom. The number of carbonyl (C=O) groups is 1. The number of hydrogen-bond donors (Lipinski definition) is 2. The molecule has 0 aliphatic carbocycles. The Balaban J connectivity index is 1.37. The van der Waals surface area contributed by atoms with Crippen LogP contribution in [0.1, 0.15) is 15.9 Å². The van der Waals surface area contributed by atoms with Crippen LogP contribution in [-0.4, -0.2) is 38.7 Å². The summed E-state index contributed by atoms with van der Waals surface area (Å²) in [6.07, 6.45) is 4.20. The molecular weight excluding hydrogens is 444 g/mol. The van der Waals surface area contributed by atoms with Crippen LogP contribution in [0.15, 0.2) is 71.6 Å². The number of nitrogens with one attached hydrogen (secondary N) is 2. The van der Waals surface area contributed by atoms with E-state index in [1.165, 1.54) is 11.9 Å². The van der Waals surface area contributed by atoms with E-state index in [1.54, 1.807) is 16.9 Å². The van der Waals surface area contributed by atoms with Crippen molar-refractivity contribution >= 4 is 38.7 Å². The van der Waals surface area contributed by atoms with Gasteiger partial charge in [-0.15, -0.1) is 0 Å². The van der Waals surface area contributed by atoms with Crippen LogP contribution in [0, 0.1) is 0 Å². The van der Waals surface area contributed by atoms with Crippen molar-refractivity contribution in [2.24, 2.45) is 0 Å². The third-order valence-corrected chi connectivity index (χ3v) is 5.40. The standard InChI is InChI=1S/C22H21BrN6O/c23-19-9-5-4-8-17(19)22(30)25-12-13-29-21-18(14-28-29)20(26-15-27-21)24-11-10-16-6-2-1-3-7-16/h1-9,14-15H,10-13H2,(H,25,30)(H,24,26,27). The molecular formula is C22H21BrN6O. The molecule has 30 heavy (non-hydrogen) atoms. The Morgan fingerprint density at radius 1 is 1.00 bits per heavy atom. The monoisotopic (exact) mass is 464 g/mol. The van der Waals surface area contributed by atoms with Gasteiger partial charge in [0.15, 0.2) is 5.65 Å². The number of halogens is 1. The van der Waals surface area contributed by atoms with Crippen molar-refractivity contribution < 1.29 is 4.79 Å². The molecule has 0 unspecified atom stereocenters. The first-order valence-electron chi connectivity index (χ1n) is 9.69. The van der Waals surface area contributed by atoms with Gasteiger partial charge in [-0.25, -0.2) is 14.6 Å². The van der Waals surface area contributed by atoms with Gasteiger partial charge in [0.05, 0.1) is 23.7 Å². The van der Waals surface area contributed by atoms with Gasteiger partial charge in [-0.1, -0.05) is 42.5 Å². The van der Waals surface area contributed by atoms with Crippen molar-refractivity contribution in [3.8, 4) is 0 Å². The molecule has 8 heteroatoms. The van der Waals surface area contributed by atoms with E-state index in [-0.39, 0.29) is 5.91 Å². The fourth-order valence-electron chi connectivity index (χ4n) is 3.18. The van der Waals surface area contributed by atoms with Crippen LogP contribution >= 0.6 is 15.9 Å². The van der Waals surface area contributed by atoms with Crippen molar-refractivity contribution in [2.45, 2.75) is 13.0 Å². The summed E-state index contributed by atoms with van der Waals surface area (Å²) in [6.45, 7) is 1.72. The maximum Gasteiger partial charge on any atom is 0.252 e. The highest BCUT2D eigenvalue weighted by molar-refractivity contribution is 9.10. The van der Waals surface area contributed by atoms with Gasteiger partial charge in [-0.3, -0.25) is 4.79 Å². The molecule has 0 bridgehead atoms. The van der Waals surface area contributed by atoms with Gasteiger partial charge >= 0.3 is 0 Å². The lowest BCUT2D eigenvalue weighted by Gasteiger charge is -2.08. The number of nitrogens with zero attached hydrogens (tertiary/aromatic N) is 4. The smallest absolute Gasteiger partial charge is 0.252 e. The largest absolute Gasteiger partial charge is 0.369 e. The average molecular weight is 465 g/mol. The van der Waals surface area contributed by atoms with Gasteiger partial charge in [0.25, 0.3) is 5.91 Å². The number of hydrogen-bond acceptors (Lipinski definition) is 5. The average Bonchev–Trinajstić information content (AvgIpc) is 3.19. The highest BCUT2D eigenvalue weighted by atomic mass is 79.9. The third-order valence-electron chi connectivity index (χ3n) is 4.71. The summed E-state index contributed by atoms with van der Waals surface area (Å²) < 4.78 is 2.55. The van der Waals surface area contributed by atoms with Crippen LogP contribution in [0.25, 0.3) is 11.0 Å². The molecule has 4 aromatic rings. The van der Waals surface area contributed by atoms with Crippen LogP contribution in [0.5, 0.6) is 0 Å². The molecule has 0 radical (unpaired) electrons. The van der Waals surface area contributed by atoms with Gasteiger partial charge < -0.3 is 10.6 Å². The van der Waals surface area contributed by atoms with E-state index >= 15 is 0 Å². The summed E-state index contributed by atoms with van der Waals surface area (Å²) >= 11 is 3.40. The predicted molar refractivity (Wildman–Crippen MR) is 120 cm³/mol. The fourth-order valence-corrected chi connectivity index (χ4v) is 3.65. The molecule has 0 aliphatic rings. The first kappa shape index (κ1) is 20.0. The summed E-state index contributed by atoms with van der Waals surface area (Å²) in [5.74, 6) is 0.635. The minimum Gasteiger partial charge on any atom is -0.369 e. The van der Waals surface area contributed by atoms with Gasteiger partial charge in [-0.2, -0.15) is 5.10 Å². The van der Waals surface area contributed by atoms with Gasteiger partial charge in [0.1, 0.15) is 12.1 Å². The van der Waals surface area contributed by atoms with E-state index in [2.05, 4.69) is 53.8 Å². The Hall–Kier alpha value is -3.26. The summed E-state index contributed by atoms with van der Waals surface area (Å²) in [5, 5.41) is 11.6. The molecule has 2 aromatic heterocycles. The number of fused-ring (bicyclic) bond motifs is 1. The number of amides is 1. The maximum absolute atomic E-state index is 12.3. The predicted octanol–water partition coefficient (Wildman–Crippen LogP) is 3.67. The second kappa shape index (κ2) is 9.49. The van der Waals surface area contributed by atoms with Crippen LogP contribution in [0.2, 0.25) is 0 Å². The number of benzene rings is 2. The van der Waals surface area contributed by atoms with E-state index in [0.29, 0.717) is 18.7 Å². The van der Waals surface area contributed by atoms with Crippen molar-refractivity contribution in [3.05, 3.63) is 82.7 Å². The lowest BCUT2D eigenvalue weighted by atomic mass is 10.1. The molecule has 2 heterocycles. The summed E-state index contributed by atoms with van der Waals surface area (Å²) in [5.41, 5.74) is 2.61. The van der Waals surface area contributed by atoms with E-state index in [1.807, 2.05) is 36.4 Å². The normalized spacial score (nSPS) is 10.8. The molecule has 0 fully saturated rings. The molecule has 1 amide bonds. The zero-order valence-corrected chi connectivity index (χ0v) is 17.8. The highest BCUT2D eigenvalue weighted by Crippen LogP contribution is 2.19. The first-order chi connectivity index (χ1) is 14.7. The number of rotatable bonds is 8. The molecule has 4 rings (SSSR count). The van der Waals surface area contributed by atoms with Crippen molar-refractivity contribution in [1.29, 1.82) is 0 Å². The van der Waals surface area contributed by atoms with Crippen LogP contribution < -0.4 is 10.6 Å². The van der Waals surface area contributed by atoms with Crippen molar-refractivity contribution in [3.63, 3.8) is 0 Å². The molecule has 152 valence electrons. The SMILES string of the molecule is O=C(NCCn1ncc2c(NCCc3ccccc3)ncnc21)c1ccccc1Br. The molecule has 7 nitrogen and oxygen atoms in total. The maximum atomic E-state index is 12.3. The van der Waals surface area contributed by atoms with Crippen LogP contribution in [0.4, 0.5) is 5.82 Å². The second-order valence-electron chi connectivity index (χ2n) is 6.73. The lowest BCUT2D eigenvalue weighted by molar-refractivity contribution is 0.0951. The minimum absolute atomic E-state index is 0.128. The topological polar surface area (TPSA) is 84.7 Å². The Labute approximate surface area is 182 Å². The quantitative estimate of drug-likeness (QED) is 0.415. The van der Waals surface area contributed by atoms with E-state index < -0.39 is 0 Å². The lowest BCUT2D eigenvalue weighted by Crippen LogP contribution is -2.27. The summed E-state index contributed by atoms with van der Waals surface area (Å²) in [4.78, 5) is 21.1. The molecule has 0 spiro atoms. The number of anilines is 1. The Bertz CT molecular complexity index is 1140. The number of carbonyl (C=O) groups excluding carboxylic acids is 1. The second-order valence-corrected chi connectivity index (χ2v) is 7.58. The first-order valence-corrected chi connectivity index (χ1v) is 10.5. The zero-order chi connectivity index (χ0) is 20.8. The molecule has 0 saturated heterocycles. The van der Waals surface area contributed by atoms with E-state index in [4.69, 9.17) is 0 Å². The molecule has 0 saturated carbocycles. The molecule has 2 aromatic carbocycles. The van der Waals surface area contributed by atoms with Gasteiger partial charge in [0.2, 0.25) is 0 Å². The Morgan fingerprint density at radius 2 is 1.80 bits per heavy atom. The highest BCUT2D eigenvalue weighted by Gasteiger charge is 2.11. The van der Waals surface area contributed by atoms with E-state index in [9.17, 15) is 4.79 Å². The van der Waals surface area contributed by atoms with Gasteiger partial charge in [0, 0.05) is 17.6 Å². The fraction of sp³-hybridized carbons (Fsp3) is 0.182. The van der Waals surface area contributed by atoms with Crippen molar-refractivity contribution in [1.82, 2.24) is 25.1 Å². The molecule has 0 atom stereocenters. The summed E-state index contributed by atoms with van der Waals surface area (Å²) in [7, 11) is 0. The van der Waals surface area contributed by atoms with Crippen LogP contribution in [0.3, 0.4) is 0 Å². The summed E-state index contributed by atoms with van der Waals surface area (Å²) in [6, 6.07) is 17.7. The zero-order valence-electron chi connectivity index (χ0n) is 16.3. The van der Waals surface area contributed by atoms with Gasteiger partial charge in [-0.05, 0) is 40.0 Å². The Kier molecular flexibility index (Phi) is 6.34.